The van der Waals surface area contributed by atoms with Crippen LogP contribution in [0.5, 0.6) is 5.75 Å². The molecule has 0 aliphatic carbocycles. The van der Waals surface area contributed by atoms with E-state index >= 15 is 0 Å². The van der Waals surface area contributed by atoms with Crippen molar-refractivity contribution in [2.24, 2.45) is 0 Å². The molecule has 11 nitrogen and oxygen atoms in total. The first-order chi connectivity index (χ1) is 24.1. The molecule has 0 saturated carbocycles. The molecule has 0 spiro atoms. The number of carbonyl (C=O) groups excluding carboxylic acids is 3. The van der Waals surface area contributed by atoms with Gasteiger partial charge in [0, 0.05) is 43.9 Å². The Morgan fingerprint density at radius 2 is 1.74 bits per heavy atom. The summed E-state index contributed by atoms with van der Waals surface area (Å²) < 4.78 is 16.9. The van der Waals surface area contributed by atoms with Gasteiger partial charge in [0.1, 0.15) is 29.4 Å². The predicted octanol–water partition coefficient (Wildman–Crippen LogP) is 5.11. The quantitative estimate of drug-likeness (QED) is 0.115. The molecule has 3 aromatic rings. The van der Waals surface area contributed by atoms with Crippen LogP contribution in [0.25, 0.3) is 17.2 Å². The average molecular weight is 761 g/mol. The van der Waals surface area contributed by atoms with Gasteiger partial charge in [-0.1, -0.05) is 59.3 Å². The first kappa shape index (κ1) is 37.7. The van der Waals surface area contributed by atoms with Gasteiger partial charge in [0.15, 0.2) is 0 Å². The number of morpholine rings is 1. The van der Waals surface area contributed by atoms with Gasteiger partial charge in [-0.05, 0) is 65.7 Å². The molecule has 50 heavy (non-hydrogen) atoms. The summed E-state index contributed by atoms with van der Waals surface area (Å²) >= 11 is 19.1. The van der Waals surface area contributed by atoms with E-state index in [-0.39, 0.29) is 37.0 Å². The lowest BCUT2D eigenvalue weighted by Crippen LogP contribution is -2.38. The minimum absolute atomic E-state index is 0.0225. The molecule has 1 atom stereocenters. The molecule has 2 fully saturated rings. The highest BCUT2D eigenvalue weighted by Gasteiger charge is 2.32. The lowest BCUT2D eigenvalue weighted by molar-refractivity contribution is -0.122. The van der Waals surface area contributed by atoms with Crippen LogP contribution in [0.1, 0.15) is 22.3 Å². The van der Waals surface area contributed by atoms with E-state index < -0.39 is 18.7 Å². The van der Waals surface area contributed by atoms with Crippen LogP contribution in [0.4, 0.5) is 5.69 Å². The largest absolute Gasteiger partial charge is 0.492 e. The Hall–Kier alpha value is -3.53. The highest BCUT2D eigenvalue weighted by atomic mass is 35.5. The van der Waals surface area contributed by atoms with Crippen molar-refractivity contribution in [2.75, 3.05) is 64.5 Å². The smallest absolute Gasteiger partial charge is 0.338 e. The van der Waals surface area contributed by atoms with E-state index in [1.54, 1.807) is 18.2 Å². The number of nitrogens with zero attached hydrogens (tertiary/aromatic N) is 2. The second kappa shape index (κ2) is 18.1. The van der Waals surface area contributed by atoms with Crippen LogP contribution in [0.15, 0.2) is 65.6 Å². The number of esters is 1. The maximum absolute atomic E-state index is 13.5. The van der Waals surface area contributed by atoms with E-state index in [2.05, 4.69) is 10.2 Å². The first-order valence-electron chi connectivity index (χ1n) is 15.7. The Labute approximate surface area is 309 Å². The third-order valence-corrected chi connectivity index (χ3v) is 9.89. The second-order valence-corrected chi connectivity index (χ2v) is 13.8. The zero-order valence-corrected chi connectivity index (χ0v) is 30.0. The monoisotopic (exact) mass is 759 g/mol. The summed E-state index contributed by atoms with van der Waals surface area (Å²) in [5, 5.41) is 21.8. The molecule has 15 heteroatoms. The Bertz CT molecular complexity index is 1750. The van der Waals surface area contributed by atoms with Crippen LogP contribution >= 0.6 is 47.2 Å². The summed E-state index contributed by atoms with van der Waals surface area (Å²) in [6.07, 6.45) is 0.568. The first-order valence-corrected chi connectivity index (χ1v) is 17.7. The summed E-state index contributed by atoms with van der Waals surface area (Å²) in [5.41, 5.74) is 3.04. The maximum Gasteiger partial charge on any atom is 0.338 e. The van der Waals surface area contributed by atoms with E-state index in [4.69, 9.17) is 54.7 Å². The van der Waals surface area contributed by atoms with E-state index in [1.165, 1.54) is 29.2 Å². The molecule has 264 valence electrons. The number of thiocarbonyl (C=S) groups is 1. The molecular formula is C35H35Cl2N3O8S2. The standard InChI is InChI=1S/C35H35Cl2N3O8S2/c36-28-7-3-24(18-29(28)37)23-4-8-30(47-16-13-39-11-14-46-15-12-39)25(17-23)19-31-33(44)40(35(49)50-31)10-9-32(43)38-26-5-1-22(2-6-26)34(45)48-21-27(42)20-41/h1-8,17-19,27,41-42H,9-16,20-21H2,(H,38,43). The van der Waals surface area contributed by atoms with Crippen molar-refractivity contribution in [3.8, 4) is 16.9 Å². The number of aliphatic hydroxyl groups is 2. The second-order valence-electron chi connectivity index (χ2n) is 11.3. The van der Waals surface area contributed by atoms with Crippen molar-refractivity contribution in [2.45, 2.75) is 12.5 Å². The number of benzene rings is 3. The van der Waals surface area contributed by atoms with Crippen LogP contribution in [0.3, 0.4) is 0 Å². The number of aliphatic hydroxyl groups excluding tert-OH is 2. The normalized spacial score (nSPS) is 16.5. The Morgan fingerprint density at radius 3 is 2.46 bits per heavy atom. The maximum atomic E-state index is 13.5. The third kappa shape index (κ3) is 10.3. The van der Waals surface area contributed by atoms with Crippen molar-refractivity contribution >= 4 is 81.0 Å². The lowest BCUT2D eigenvalue weighted by Gasteiger charge is -2.26. The number of hydrogen-bond donors (Lipinski definition) is 3. The number of thioether (sulfide) groups is 1. The minimum atomic E-state index is -1.16. The van der Waals surface area contributed by atoms with Crippen molar-refractivity contribution in [3.05, 3.63) is 86.7 Å². The third-order valence-electron chi connectivity index (χ3n) is 7.78. The molecule has 0 bridgehead atoms. The Balaban J connectivity index is 1.23. The van der Waals surface area contributed by atoms with Crippen LogP contribution in [0.2, 0.25) is 10.0 Å². The number of nitrogens with one attached hydrogen (secondary N) is 1. The molecule has 0 aromatic heterocycles. The van der Waals surface area contributed by atoms with Crippen molar-refractivity contribution in [1.29, 1.82) is 0 Å². The van der Waals surface area contributed by atoms with Gasteiger partial charge in [-0.15, -0.1) is 0 Å². The SMILES string of the molecule is O=C(CCN1C(=O)C(=Cc2cc(-c3ccc(Cl)c(Cl)c3)ccc2OCCN2CCOCC2)SC1=S)Nc1ccc(C(=O)OCC(O)CO)cc1. The lowest BCUT2D eigenvalue weighted by atomic mass is 10.0. The zero-order chi connectivity index (χ0) is 35.6. The van der Waals surface area contributed by atoms with Gasteiger partial charge in [-0.25, -0.2) is 4.79 Å². The van der Waals surface area contributed by atoms with Crippen molar-refractivity contribution in [1.82, 2.24) is 9.80 Å². The van der Waals surface area contributed by atoms with Gasteiger partial charge in [-0.3, -0.25) is 19.4 Å². The van der Waals surface area contributed by atoms with Crippen LogP contribution in [-0.4, -0.2) is 107 Å². The molecule has 3 N–H and O–H groups in total. The fraction of sp³-hybridized carbons (Fsp3) is 0.314. The van der Waals surface area contributed by atoms with Crippen molar-refractivity contribution in [3.63, 3.8) is 0 Å². The van der Waals surface area contributed by atoms with Gasteiger partial charge in [-0.2, -0.15) is 0 Å². The van der Waals surface area contributed by atoms with Crippen LogP contribution in [-0.2, 0) is 19.1 Å². The molecule has 2 aliphatic rings. The fourth-order valence-corrected chi connectivity index (χ4v) is 6.62. The van der Waals surface area contributed by atoms with E-state index in [9.17, 15) is 19.5 Å². The van der Waals surface area contributed by atoms with Crippen molar-refractivity contribution < 1.29 is 38.8 Å². The number of halogens is 2. The van der Waals surface area contributed by atoms with E-state index in [0.717, 1.165) is 42.5 Å². The highest BCUT2D eigenvalue weighted by molar-refractivity contribution is 8.26. The van der Waals surface area contributed by atoms with Gasteiger partial charge < -0.3 is 29.7 Å². The Morgan fingerprint density at radius 1 is 1.02 bits per heavy atom. The van der Waals surface area contributed by atoms with Gasteiger partial charge in [0.25, 0.3) is 5.91 Å². The van der Waals surface area contributed by atoms with Gasteiger partial charge >= 0.3 is 5.97 Å². The number of amides is 2. The van der Waals surface area contributed by atoms with Gasteiger partial charge in [0.2, 0.25) is 5.91 Å². The zero-order valence-electron chi connectivity index (χ0n) is 26.8. The molecular weight excluding hydrogens is 725 g/mol. The minimum Gasteiger partial charge on any atom is -0.492 e. The summed E-state index contributed by atoms with van der Waals surface area (Å²) in [7, 11) is 0. The Kier molecular flexibility index (Phi) is 13.7. The number of ether oxygens (including phenoxy) is 3. The average Bonchev–Trinajstić information content (AvgIpc) is 3.39. The predicted molar refractivity (Wildman–Crippen MR) is 198 cm³/mol. The summed E-state index contributed by atoms with van der Waals surface area (Å²) in [6.45, 7) is 3.45. The van der Waals surface area contributed by atoms with E-state index in [1.807, 2.05) is 24.3 Å². The summed E-state index contributed by atoms with van der Waals surface area (Å²) in [6, 6.07) is 17.1. The van der Waals surface area contributed by atoms with Crippen LogP contribution < -0.4 is 10.1 Å². The topological polar surface area (TPSA) is 138 Å². The number of anilines is 1. The number of rotatable bonds is 14. The van der Waals surface area contributed by atoms with Gasteiger partial charge in [0.05, 0.1) is 40.3 Å². The molecule has 2 heterocycles. The molecule has 2 amide bonds. The molecule has 5 rings (SSSR count). The van der Waals surface area contributed by atoms with E-state index in [0.29, 0.717) is 56.1 Å². The summed E-state index contributed by atoms with van der Waals surface area (Å²) in [4.78, 5) is 42.5. The van der Waals surface area contributed by atoms with Crippen LogP contribution in [0, 0.1) is 0 Å². The molecule has 2 aliphatic heterocycles. The summed E-state index contributed by atoms with van der Waals surface area (Å²) in [5.74, 6) is -0.741. The number of carbonyl (C=O) groups is 3. The fourth-order valence-electron chi connectivity index (χ4n) is 5.03. The number of hydrogen-bond acceptors (Lipinski definition) is 11. The molecule has 2 saturated heterocycles. The molecule has 3 aromatic carbocycles. The highest BCUT2D eigenvalue weighted by Crippen LogP contribution is 2.37. The molecule has 1 unspecified atom stereocenters. The molecule has 0 radical (unpaired) electrons.